The first-order valence-electron chi connectivity index (χ1n) is 7.15. The molecule has 3 rings (SSSR count). The van der Waals surface area contributed by atoms with E-state index in [0.29, 0.717) is 12.2 Å². The van der Waals surface area contributed by atoms with Crippen molar-refractivity contribution in [2.24, 2.45) is 0 Å². The van der Waals surface area contributed by atoms with Gasteiger partial charge in [-0.05, 0) is 36.3 Å². The van der Waals surface area contributed by atoms with Crippen LogP contribution in [0.2, 0.25) is 0 Å². The van der Waals surface area contributed by atoms with Crippen molar-refractivity contribution in [2.75, 3.05) is 6.61 Å². The molecule has 0 spiro atoms. The Bertz CT molecular complexity index is 819. The lowest BCUT2D eigenvalue weighted by atomic mass is 10.0. The molecule has 0 bridgehead atoms. The normalized spacial score (nSPS) is 11.6. The number of rotatable bonds is 4. The maximum atomic E-state index is 12.3. The van der Waals surface area contributed by atoms with E-state index in [1.54, 1.807) is 13.1 Å². The van der Waals surface area contributed by atoms with Crippen LogP contribution in [0.4, 0.5) is 0 Å². The Morgan fingerprint density at radius 1 is 1.23 bits per heavy atom. The third kappa shape index (κ3) is 2.91. The van der Waals surface area contributed by atoms with Crippen molar-refractivity contribution in [3.8, 4) is 0 Å². The first kappa shape index (κ1) is 14.1. The van der Waals surface area contributed by atoms with E-state index < -0.39 is 0 Å². The number of nitrogens with zero attached hydrogens (tertiary/aromatic N) is 1. The quantitative estimate of drug-likeness (QED) is 0.453. The molecule has 4 nitrogen and oxygen atoms in total. The second-order valence-electron chi connectivity index (χ2n) is 4.86. The summed E-state index contributed by atoms with van der Waals surface area (Å²) in [5.74, 6) is -0.325. The molecule has 110 valence electrons. The summed E-state index contributed by atoms with van der Waals surface area (Å²) in [6.45, 7) is 2.15. The summed E-state index contributed by atoms with van der Waals surface area (Å²) in [4.78, 5) is 12.3. The van der Waals surface area contributed by atoms with Crippen molar-refractivity contribution in [2.45, 2.75) is 6.92 Å². The van der Waals surface area contributed by atoms with Gasteiger partial charge < -0.3 is 4.74 Å². The molecule has 4 heteroatoms. The molecule has 0 aliphatic heterocycles. The number of nitrogens with one attached hydrogen (secondary N) is 1. The van der Waals surface area contributed by atoms with Crippen molar-refractivity contribution >= 4 is 28.5 Å². The minimum atomic E-state index is -0.325. The molecule has 1 N–H and O–H groups in total. The fourth-order valence-electron chi connectivity index (χ4n) is 2.30. The minimum Gasteiger partial charge on any atom is -0.462 e. The average Bonchev–Trinajstić information content (AvgIpc) is 3.01. The van der Waals surface area contributed by atoms with Gasteiger partial charge in [0.2, 0.25) is 0 Å². The molecule has 0 saturated heterocycles. The second-order valence-corrected chi connectivity index (χ2v) is 4.86. The van der Waals surface area contributed by atoms with E-state index >= 15 is 0 Å². The van der Waals surface area contributed by atoms with Crippen LogP contribution in [0.1, 0.15) is 18.1 Å². The summed E-state index contributed by atoms with van der Waals surface area (Å²) < 4.78 is 5.19. The van der Waals surface area contributed by atoms with Crippen molar-refractivity contribution in [1.29, 1.82) is 0 Å². The SMILES string of the molecule is CCOC(=O)C(=Cc1ccccc1)c1ccc2[nH]ncc2c1. The topological polar surface area (TPSA) is 55.0 Å². The van der Waals surface area contributed by atoms with E-state index in [0.717, 1.165) is 22.0 Å². The van der Waals surface area contributed by atoms with Gasteiger partial charge in [-0.3, -0.25) is 5.10 Å². The van der Waals surface area contributed by atoms with Gasteiger partial charge in [-0.25, -0.2) is 4.79 Å². The number of esters is 1. The minimum absolute atomic E-state index is 0.325. The number of aromatic amines is 1. The Kier molecular flexibility index (Phi) is 4.01. The second kappa shape index (κ2) is 6.26. The first-order chi connectivity index (χ1) is 10.8. The standard InChI is InChI=1S/C18H16N2O2/c1-2-22-18(21)16(10-13-6-4-3-5-7-13)14-8-9-17-15(11-14)12-19-20-17/h3-12H,2H2,1H3,(H,19,20). The lowest BCUT2D eigenvalue weighted by Crippen LogP contribution is -2.06. The van der Waals surface area contributed by atoms with Gasteiger partial charge in [0.1, 0.15) is 0 Å². The summed E-state index contributed by atoms with van der Waals surface area (Å²) in [5.41, 5.74) is 3.25. The smallest absolute Gasteiger partial charge is 0.338 e. The zero-order valence-electron chi connectivity index (χ0n) is 12.2. The monoisotopic (exact) mass is 292 g/mol. The summed E-state index contributed by atoms with van der Waals surface area (Å²) in [6.07, 6.45) is 3.59. The zero-order valence-corrected chi connectivity index (χ0v) is 12.2. The van der Waals surface area contributed by atoms with Crippen molar-refractivity contribution in [3.63, 3.8) is 0 Å². The number of H-pyrrole nitrogens is 1. The highest BCUT2D eigenvalue weighted by Crippen LogP contribution is 2.23. The van der Waals surface area contributed by atoms with Crippen LogP contribution in [-0.4, -0.2) is 22.8 Å². The van der Waals surface area contributed by atoms with Gasteiger partial charge in [-0.1, -0.05) is 36.4 Å². The zero-order chi connectivity index (χ0) is 15.4. The van der Waals surface area contributed by atoms with Gasteiger partial charge in [0.15, 0.2) is 0 Å². The molecule has 0 aliphatic carbocycles. The van der Waals surface area contributed by atoms with Crippen LogP contribution < -0.4 is 0 Å². The predicted octanol–water partition coefficient (Wildman–Crippen LogP) is 3.67. The predicted molar refractivity (Wildman–Crippen MR) is 87.0 cm³/mol. The molecule has 0 atom stereocenters. The highest BCUT2D eigenvalue weighted by molar-refractivity contribution is 6.22. The molecule has 22 heavy (non-hydrogen) atoms. The van der Waals surface area contributed by atoms with Gasteiger partial charge in [0, 0.05) is 5.39 Å². The summed E-state index contributed by atoms with van der Waals surface area (Å²) in [5, 5.41) is 7.87. The number of carbonyl (C=O) groups is 1. The molecule has 0 amide bonds. The molecule has 0 unspecified atom stereocenters. The summed E-state index contributed by atoms with van der Waals surface area (Å²) in [6, 6.07) is 15.5. The van der Waals surface area contributed by atoms with E-state index in [2.05, 4.69) is 10.2 Å². The maximum absolute atomic E-state index is 12.3. The van der Waals surface area contributed by atoms with Crippen LogP contribution in [0, 0.1) is 0 Å². The molecule has 0 radical (unpaired) electrons. The van der Waals surface area contributed by atoms with E-state index in [1.807, 2.05) is 54.6 Å². The molecule has 2 aromatic carbocycles. The Morgan fingerprint density at radius 2 is 2.05 bits per heavy atom. The summed E-state index contributed by atoms with van der Waals surface area (Å²) in [7, 11) is 0. The van der Waals surface area contributed by atoms with Crippen molar-refractivity contribution in [3.05, 3.63) is 65.9 Å². The Morgan fingerprint density at radius 3 is 2.82 bits per heavy atom. The van der Waals surface area contributed by atoms with E-state index in [-0.39, 0.29) is 5.97 Å². The fraction of sp³-hybridized carbons (Fsp3) is 0.111. The number of hydrogen-bond acceptors (Lipinski definition) is 3. The van der Waals surface area contributed by atoms with Gasteiger partial charge in [0.25, 0.3) is 0 Å². The Labute approximate surface area is 128 Å². The molecular formula is C18H16N2O2. The molecule has 1 aromatic heterocycles. The van der Waals surface area contributed by atoms with Gasteiger partial charge >= 0.3 is 5.97 Å². The number of fused-ring (bicyclic) bond motifs is 1. The highest BCUT2D eigenvalue weighted by Gasteiger charge is 2.14. The maximum Gasteiger partial charge on any atom is 0.338 e. The van der Waals surface area contributed by atoms with Gasteiger partial charge in [-0.15, -0.1) is 0 Å². The van der Waals surface area contributed by atoms with Crippen LogP contribution in [0.3, 0.4) is 0 Å². The van der Waals surface area contributed by atoms with Gasteiger partial charge in [-0.2, -0.15) is 5.10 Å². The fourth-order valence-corrected chi connectivity index (χ4v) is 2.30. The largest absolute Gasteiger partial charge is 0.462 e. The van der Waals surface area contributed by atoms with Crippen molar-refractivity contribution < 1.29 is 9.53 Å². The average molecular weight is 292 g/mol. The third-order valence-electron chi connectivity index (χ3n) is 3.36. The van der Waals surface area contributed by atoms with Crippen LogP contribution >= 0.6 is 0 Å². The van der Waals surface area contributed by atoms with Crippen LogP contribution in [0.25, 0.3) is 22.6 Å². The molecule has 0 fully saturated rings. The Hall–Kier alpha value is -2.88. The highest BCUT2D eigenvalue weighted by atomic mass is 16.5. The van der Waals surface area contributed by atoms with E-state index in [9.17, 15) is 4.79 Å². The Balaban J connectivity index is 2.08. The molecule has 3 aromatic rings. The number of hydrogen-bond donors (Lipinski definition) is 1. The number of carbonyl (C=O) groups excluding carboxylic acids is 1. The molecule has 0 saturated carbocycles. The van der Waals surface area contributed by atoms with Crippen LogP contribution in [0.5, 0.6) is 0 Å². The number of ether oxygens (including phenoxy) is 1. The molecular weight excluding hydrogens is 276 g/mol. The molecule has 1 heterocycles. The number of aromatic nitrogens is 2. The van der Waals surface area contributed by atoms with Crippen LogP contribution in [0.15, 0.2) is 54.7 Å². The third-order valence-corrected chi connectivity index (χ3v) is 3.36. The van der Waals surface area contributed by atoms with E-state index in [4.69, 9.17) is 4.74 Å². The first-order valence-corrected chi connectivity index (χ1v) is 7.15. The van der Waals surface area contributed by atoms with Crippen LogP contribution in [-0.2, 0) is 9.53 Å². The number of benzene rings is 2. The summed E-state index contributed by atoms with van der Waals surface area (Å²) >= 11 is 0. The lowest BCUT2D eigenvalue weighted by Gasteiger charge is -2.08. The van der Waals surface area contributed by atoms with Crippen molar-refractivity contribution in [1.82, 2.24) is 10.2 Å². The lowest BCUT2D eigenvalue weighted by molar-refractivity contribution is -0.136. The molecule has 0 aliphatic rings. The van der Waals surface area contributed by atoms with Gasteiger partial charge in [0.05, 0.1) is 23.9 Å². The van der Waals surface area contributed by atoms with E-state index in [1.165, 1.54) is 0 Å².